The molecule has 0 saturated carbocycles. The predicted molar refractivity (Wildman–Crippen MR) is 63.6 cm³/mol. The number of carbonyl (C=O) groups excluding carboxylic acids is 1. The molecule has 88 valence electrons. The summed E-state index contributed by atoms with van der Waals surface area (Å²) in [6.45, 7) is 10.7. The summed E-state index contributed by atoms with van der Waals surface area (Å²) >= 11 is 0. The van der Waals surface area contributed by atoms with Crippen LogP contribution in [0.3, 0.4) is 0 Å². The van der Waals surface area contributed by atoms with E-state index >= 15 is 0 Å². The Morgan fingerprint density at radius 2 is 1.93 bits per heavy atom. The van der Waals surface area contributed by atoms with Crippen molar-refractivity contribution in [1.29, 1.82) is 0 Å². The van der Waals surface area contributed by atoms with Gasteiger partial charge in [-0.3, -0.25) is 4.79 Å². The zero-order valence-electron chi connectivity index (χ0n) is 10.7. The highest BCUT2D eigenvalue weighted by molar-refractivity contribution is 5.71. The standard InChI is InChI=1S/C13H24O2/c1-6-12(5)13(14)15-9-11(4)8-7-10(2)3/h7,11-12H,6,8-9H2,1-5H3. The van der Waals surface area contributed by atoms with Gasteiger partial charge in [0.25, 0.3) is 0 Å². The molecule has 2 atom stereocenters. The summed E-state index contributed by atoms with van der Waals surface area (Å²) in [6.07, 6.45) is 4.01. The van der Waals surface area contributed by atoms with Gasteiger partial charge in [0.05, 0.1) is 12.5 Å². The topological polar surface area (TPSA) is 26.3 Å². The highest BCUT2D eigenvalue weighted by Gasteiger charge is 2.12. The van der Waals surface area contributed by atoms with Crippen molar-refractivity contribution in [2.45, 2.75) is 47.5 Å². The number of rotatable bonds is 6. The van der Waals surface area contributed by atoms with Crippen LogP contribution in [0.2, 0.25) is 0 Å². The Hall–Kier alpha value is -0.790. The molecule has 0 aromatic rings. The molecular formula is C13H24O2. The maximum Gasteiger partial charge on any atom is 0.308 e. The van der Waals surface area contributed by atoms with Gasteiger partial charge in [0.15, 0.2) is 0 Å². The molecule has 2 heteroatoms. The van der Waals surface area contributed by atoms with E-state index in [0.717, 1.165) is 12.8 Å². The average Bonchev–Trinajstić information content (AvgIpc) is 2.21. The van der Waals surface area contributed by atoms with E-state index in [1.165, 1.54) is 5.57 Å². The number of carbonyl (C=O) groups is 1. The van der Waals surface area contributed by atoms with Gasteiger partial charge in [-0.15, -0.1) is 0 Å². The SMILES string of the molecule is CCC(C)C(=O)OCC(C)CC=C(C)C. The lowest BCUT2D eigenvalue weighted by molar-refractivity contribution is -0.149. The van der Waals surface area contributed by atoms with E-state index in [1.54, 1.807) is 0 Å². The zero-order chi connectivity index (χ0) is 11.8. The Balaban J connectivity index is 3.76. The molecule has 0 fully saturated rings. The van der Waals surface area contributed by atoms with Crippen LogP contribution in [-0.4, -0.2) is 12.6 Å². The third-order valence-electron chi connectivity index (χ3n) is 2.45. The fraction of sp³-hybridized carbons (Fsp3) is 0.769. The quantitative estimate of drug-likeness (QED) is 0.497. The molecule has 2 unspecified atom stereocenters. The van der Waals surface area contributed by atoms with Crippen molar-refractivity contribution in [3.63, 3.8) is 0 Å². The van der Waals surface area contributed by atoms with Crippen molar-refractivity contribution in [3.8, 4) is 0 Å². The minimum atomic E-state index is -0.0680. The average molecular weight is 212 g/mol. The lowest BCUT2D eigenvalue weighted by Crippen LogP contribution is -2.17. The molecule has 0 bridgehead atoms. The first-order chi connectivity index (χ1) is 6.97. The van der Waals surface area contributed by atoms with Crippen molar-refractivity contribution in [3.05, 3.63) is 11.6 Å². The van der Waals surface area contributed by atoms with Crippen molar-refractivity contribution < 1.29 is 9.53 Å². The van der Waals surface area contributed by atoms with Crippen LogP contribution < -0.4 is 0 Å². The Morgan fingerprint density at radius 1 is 1.33 bits per heavy atom. The maximum absolute atomic E-state index is 11.4. The summed E-state index contributed by atoms with van der Waals surface area (Å²) in [5.74, 6) is 0.370. The Morgan fingerprint density at radius 3 is 2.40 bits per heavy atom. The van der Waals surface area contributed by atoms with E-state index in [4.69, 9.17) is 4.74 Å². The fourth-order valence-electron chi connectivity index (χ4n) is 1.04. The molecule has 0 rings (SSSR count). The van der Waals surface area contributed by atoms with Gasteiger partial charge in [0.1, 0.15) is 0 Å². The van der Waals surface area contributed by atoms with Gasteiger partial charge >= 0.3 is 5.97 Å². The second-order valence-electron chi connectivity index (χ2n) is 4.56. The minimum Gasteiger partial charge on any atom is -0.465 e. The van der Waals surface area contributed by atoms with Crippen LogP contribution in [0.15, 0.2) is 11.6 Å². The monoisotopic (exact) mass is 212 g/mol. The third kappa shape index (κ3) is 7.18. The molecule has 0 aromatic carbocycles. The molecule has 0 spiro atoms. The summed E-state index contributed by atoms with van der Waals surface area (Å²) in [7, 11) is 0. The van der Waals surface area contributed by atoms with Gasteiger partial charge in [-0.25, -0.2) is 0 Å². The van der Waals surface area contributed by atoms with E-state index in [0.29, 0.717) is 12.5 Å². The molecule has 0 saturated heterocycles. The van der Waals surface area contributed by atoms with Gasteiger partial charge in [-0.1, -0.05) is 32.4 Å². The van der Waals surface area contributed by atoms with Crippen molar-refractivity contribution in [2.24, 2.45) is 11.8 Å². The number of esters is 1. The number of hydrogen-bond donors (Lipinski definition) is 0. The summed E-state index contributed by atoms with van der Waals surface area (Å²) in [6, 6.07) is 0. The highest BCUT2D eigenvalue weighted by atomic mass is 16.5. The van der Waals surface area contributed by atoms with Crippen LogP contribution in [0, 0.1) is 11.8 Å². The molecule has 0 aliphatic carbocycles. The second kappa shape index (κ2) is 7.49. The van der Waals surface area contributed by atoms with Crippen molar-refractivity contribution in [2.75, 3.05) is 6.61 Å². The maximum atomic E-state index is 11.4. The molecule has 0 N–H and O–H groups in total. The number of allylic oxidation sites excluding steroid dienone is 2. The van der Waals surface area contributed by atoms with Gasteiger partial charge in [-0.05, 0) is 32.6 Å². The predicted octanol–water partition coefficient (Wildman–Crippen LogP) is 3.57. The molecule has 0 amide bonds. The Kier molecular flexibility index (Phi) is 7.10. The molecular weight excluding hydrogens is 188 g/mol. The first kappa shape index (κ1) is 14.2. The molecule has 15 heavy (non-hydrogen) atoms. The van der Waals surface area contributed by atoms with Crippen LogP contribution >= 0.6 is 0 Å². The van der Waals surface area contributed by atoms with Crippen LogP contribution in [0.1, 0.15) is 47.5 Å². The molecule has 2 nitrogen and oxygen atoms in total. The van der Waals surface area contributed by atoms with Gasteiger partial charge < -0.3 is 4.74 Å². The van der Waals surface area contributed by atoms with Crippen LogP contribution in [0.4, 0.5) is 0 Å². The van der Waals surface area contributed by atoms with Crippen LogP contribution in [-0.2, 0) is 9.53 Å². The third-order valence-corrected chi connectivity index (χ3v) is 2.45. The summed E-state index contributed by atoms with van der Waals surface area (Å²) in [4.78, 5) is 11.4. The van der Waals surface area contributed by atoms with E-state index in [9.17, 15) is 4.79 Å². The van der Waals surface area contributed by atoms with Gasteiger partial charge in [0.2, 0.25) is 0 Å². The normalized spacial score (nSPS) is 14.2. The van der Waals surface area contributed by atoms with Crippen LogP contribution in [0.25, 0.3) is 0 Å². The summed E-state index contributed by atoms with van der Waals surface area (Å²) < 4.78 is 5.22. The zero-order valence-corrected chi connectivity index (χ0v) is 10.7. The van der Waals surface area contributed by atoms with Gasteiger partial charge in [-0.2, -0.15) is 0 Å². The van der Waals surface area contributed by atoms with E-state index < -0.39 is 0 Å². The second-order valence-corrected chi connectivity index (χ2v) is 4.56. The summed E-state index contributed by atoms with van der Waals surface area (Å²) in [5, 5.41) is 0. The van der Waals surface area contributed by atoms with Crippen molar-refractivity contribution >= 4 is 5.97 Å². The van der Waals surface area contributed by atoms with Gasteiger partial charge in [0, 0.05) is 0 Å². The molecule has 0 aromatic heterocycles. The highest BCUT2D eigenvalue weighted by Crippen LogP contribution is 2.09. The molecule has 0 radical (unpaired) electrons. The molecule has 0 aliphatic heterocycles. The van der Waals surface area contributed by atoms with E-state index in [1.807, 2.05) is 13.8 Å². The summed E-state index contributed by atoms with van der Waals surface area (Å²) in [5.41, 5.74) is 1.31. The number of hydrogen-bond acceptors (Lipinski definition) is 2. The van der Waals surface area contributed by atoms with E-state index in [-0.39, 0.29) is 11.9 Å². The Labute approximate surface area is 93.7 Å². The Bertz CT molecular complexity index is 215. The fourth-order valence-corrected chi connectivity index (χ4v) is 1.04. The lowest BCUT2D eigenvalue weighted by atomic mass is 10.1. The minimum absolute atomic E-state index is 0.0284. The molecule has 0 heterocycles. The number of ether oxygens (including phenoxy) is 1. The smallest absolute Gasteiger partial charge is 0.308 e. The lowest BCUT2D eigenvalue weighted by Gasteiger charge is -2.13. The largest absolute Gasteiger partial charge is 0.465 e. The first-order valence-electron chi connectivity index (χ1n) is 5.77. The molecule has 0 aliphatic rings. The van der Waals surface area contributed by atoms with Crippen molar-refractivity contribution in [1.82, 2.24) is 0 Å². The van der Waals surface area contributed by atoms with Crippen LogP contribution in [0.5, 0.6) is 0 Å². The first-order valence-corrected chi connectivity index (χ1v) is 5.77. The van der Waals surface area contributed by atoms with E-state index in [2.05, 4.69) is 26.8 Å².